The van der Waals surface area contributed by atoms with Crippen molar-refractivity contribution in [1.82, 2.24) is 0 Å². The molecule has 0 nitrogen and oxygen atoms in total. The van der Waals surface area contributed by atoms with Crippen LogP contribution in [0, 0.1) is 5.82 Å². The number of alkyl halides is 4. The Morgan fingerprint density at radius 2 is 1.44 bits per heavy atom. The molecule has 0 aliphatic carbocycles. The van der Waals surface area contributed by atoms with E-state index in [-0.39, 0.29) is 28.0 Å². The van der Waals surface area contributed by atoms with Gasteiger partial charge in [-0.25, -0.2) is 4.39 Å². The van der Waals surface area contributed by atoms with Gasteiger partial charge in [0.2, 0.25) is 0 Å². The molecule has 2 aromatic carbocycles. The first-order chi connectivity index (χ1) is 12.6. The van der Waals surface area contributed by atoms with Crippen LogP contribution in [0.4, 0.5) is 22.0 Å². The highest BCUT2D eigenvalue weighted by Gasteiger charge is 2.59. The molecule has 0 saturated heterocycles. The maximum atomic E-state index is 13.6. The van der Waals surface area contributed by atoms with E-state index in [0.29, 0.717) is 24.0 Å². The smallest absolute Gasteiger partial charge is 0.207 e. The predicted octanol–water partition coefficient (Wildman–Crippen LogP) is 7.21. The predicted molar refractivity (Wildman–Crippen MR) is 99.6 cm³/mol. The second kappa shape index (κ2) is 7.15. The zero-order chi connectivity index (χ0) is 19.8. The molecule has 6 heteroatoms. The van der Waals surface area contributed by atoms with Crippen LogP contribution in [0.3, 0.4) is 0 Å². The average Bonchev–Trinajstić information content (AvgIpc) is 2.60. The topological polar surface area (TPSA) is 0 Å². The minimum Gasteiger partial charge on any atom is -0.207 e. The Morgan fingerprint density at radius 3 is 2.07 bits per heavy atom. The average molecular weight is 396 g/mol. The summed E-state index contributed by atoms with van der Waals surface area (Å²) in [7, 11) is 0. The summed E-state index contributed by atoms with van der Waals surface area (Å²) >= 11 is -0.0995. The first kappa shape index (κ1) is 19.7. The van der Waals surface area contributed by atoms with E-state index >= 15 is 0 Å². The maximum Gasteiger partial charge on any atom is 0.360 e. The van der Waals surface area contributed by atoms with Gasteiger partial charge in [0.25, 0.3) is 0 Å². The van der Waals surface area contributed by atoms with Gasteiger partial charge in [-0.2, -0.15) is 17.6 Å². The standard InChI is InChI=1S/C21H17F5S/c1-13(15-5-8-18(22)9-6-15)3-4-14(2)16-7-10-19-17(11-16)12-20(23,24)21(25,26)27-19/h5-11H,1-4,12H2. The number of rotatable bonds is 5. The lowest BCUT2D eigenvalue weighted by Gasteiger charge is -2.31. The molecule has 2 aromatic rings. The van der Waals surface area contributed by atoms with Gasteiger partial charge < -0.3 is 0 Å². The lowest BCUT2D eigenvalue weighted by atomic mass is 9.95. The fourth-order valence-electron chi connectivity index (χ4n) is 2.87. The van der Waals surface area contributed by atoms with Gasteiger partial charge in [0, 0.05) is 11.3 Å². The summed E-state index contributed by atoms with van der Waals surface area (Å²) in [5.41, 5.74) is 3.16. The first-order valence-electron chi connectivity index (χ1n) is 8.28. The van der Waals surface area contributed by atoms with Crippen LogP contribution in [0.2, 0.25) is 0 Å². The lowest BCUT2D eigenvalue weighted by molar-refractivity contribution is -0.153. The minimum atomic E-state index is -4.11. The third-order valence-electron chi connectivity index (χ3n) is 4.53. The molecule has 0 saturated carbocycles. The van der Waals surface area contributed by atoms with Crippen LogP contribution in [0.25, 0.3) is 11.1 Å². The van der Waals surface area contributed by atoms with E-state index in [9.17, 15) is 22.0 Å². The molecule has 0 bridgehead atoms. The molecule has 1 aliphatic heterocycles. The molecule has 0 fully saturated rings. The molecule has 0 N–H and O–H groups in total. The molecule has 3 rings (SSSR count). The van der Waals surface area contributed by atoms with Gasteiger partial charge in [-0.05, 0) is 70.6 Å². The van der Waals surface area contributed by atoms with Gasteiger partial charge in [0.05, 0.1) is 0 Å². The summed E-state index contributed by atoms with van der Waals surface area (Å²) in [5.74, 6) is -4.41. The molecule has 0 atom stereocenters. The molecule has 0 unspecified atom stereocenters. The van der Waals surface area contributed by atoms with Gasteiger partial charge in [0.1, 0.15) is 5.82 Å². The molecule has 0 amide bonds. The van der Waals surface area contributed by atoms with Crippen LogP contribution in [-0.2, 0) is 6.42 Å². The Hall–Kier alpha value is -2.08. The quantitative estimate of drug-likeness (QED) is 0.481. The summed E-state index contributed by atoms with van der Waals surface area (Å²) in [5, 5.41) is -4.11. The summed E-state index contributed by atoms with van der Waals surface area (Å²) in [6, 6.07) is 10.6. The zero-order valence-corrected chi connectivity index (χ0v) is 15.2. The van der Waals surface area contributed by atoms with Gasteiger partial charge in [-0.15, -0.1) is 0 Å². The monoisotopic (exact) mass is 396 g/mol. The Balaban J connectivity index is 1.69. The summed E-state index contributed by atoms with van der Waals surface area (Å²) in [6.45, 7) is 7.95. The van der Waals surface area contributed by atoms with Gasteiger partial charge in [0.15, 0.2) is 0 Å². The molecule has 1 aliphatic rings. The largest absolute Gasteiger partial charge is 0.360 e. The van der Waals surface area contributed by atoms with E-state index < -0.39 is 17.6 Å². The van der Waals surface area contributed by atoms with E-state index in [1.807, 2.05) is 0 Å². The van der Waals surface area contributed by atoms with Gasteiger partial charge >= 0.3 is 11.2 Å². The van der Waals surface area contributed by atoms with Crippen molar-refractivity contribution >= 4 is 22.9 Å². The number of hydrogen-bond donors (Lipinski definition) is 0. The van der Waals surface area contributed by atoms with Gasteiger partial charge in [-0.1, -0.05) is 37.4 Å². The highest BCUT2D eigenvalue weighted by Crippen LogP contribution is 2.53. The Kier molecular flexibility index (Phi) is 5.21. The molecule has 1 heterocycles. The second-order valence-corrected chi connectivity index (χ2v) is 7.69. The number of allylic oxidation sites excluding steroid dienone is 2. The number of thioether (sulfide) groups is 1. The van der Waals surface area contributed by atoms with Gasteiger partial charge in [-0.3, -0.25) is 0 Å². The van der Waals surface area contributed by atoms with Crippen molar-refractivity contribution in [2.45, 2.75) is 35.3 Å². The van der Waals surface area contributed by atoms with Crippen molar-refractivity contribution in [3.05, 3.63) is 78.1 Å². The molecule has 142 valence electrons. The summed E-state index contributed by atoms with van der Waals surface area (Å²) in [4.78, 5) is 0.165. The van der Waals surface area contributed by atoms with Crippen molar-refractivity contribution in [3.63, 3.8) is 0 Å². The fraction of sp³-hybridized carbons (Fsp3) is 0.238. The third kappa shape index (κ3) is 4.10. The number of benzene rings is 2. The highest BCUT2D eigenvalue weighted by atomic mass is 32.2. The Morgan fingerprint density at radius 1 is 0.889 bits per heavy atom. The first-order valence-corrected chi connectivity index (χ1v) is 9.10. The zero-order valence-electron chi connectivity index (χ0n) is 14.4. The van der Waals surface area contributed by atoms with Crippen molar-refractivity contribution in [3.8, 4) is 0 Å². The fourth-order valence-corrected chi connectivity index (χ4v) is 3.76. The second-order valence-electron chi connectivity index (χ2n) is 6.54. The minimum absolute atomic E-state index is 0.0995. The van der Waals surface area contributed by atoms with Crippen molar-refractivity contribution < 1.29 is 22.0 Å². The van der Waals surface area contributed by atoms with Crippen LogP contribution < -0.4 is 0 Å². The van der Waals surface area contributed by atoms with E-state index in [4.69, 9.17) is 0 Å². The molecule has 0 spiro atoms. The third-order valence-corrected chi connectivity index (χ3v) is 5.70. The number of fused-ring (bicyclic) bond motifs is 1. The van der Waals surface area contributed by atoms with Crippen molar-refractivity contribution in [2.24, 2.45) is 0 Å². The lowest BCUT2D eigenvalue weighted by Crippen LogP contribution is -2.42. The highest BCUT2D eigenvalue weighted by molar-refractivity contribution is 8.00. The molecular formula is C21H17F5S. The molecule has 0 aromatic heterocycles. The van der Waals surface area contributed by atoms with Crippen LogP contribution in [-0.4, -0.2) is 11.2 Å². The van der Waals surface area contributed by atoms with E-state index in [1.54, 1.807) is 18.2 Å². The molecule has 0 radical (unpaired) electrons. The molecule has 27 heavy (non-hydrogen) atoms. The SMILES string of the molecule is C=C(CCC(=C)c1ccc2c(c1)CC(F)(F)C(F)(F)S2)c1ccc(F)cc1. The van der Waals surface area contributed by atoms with E-state index in [0.717, 1.165) is 11.1 Å². The molecular weight excluding hydrogens is 379 g/mol. The Labute approximate surface area is 158 Å². The summed E-state index contributed by atoms with van der Waals surface area (Å²) < 4.78 is 67.2. The normalized spacial score (nSPS) is 17.2. The number of hydrogen-bond acceptors (Lipinski definition) is 1. The van der Waals surface area contributed by atoms with Crippen LogP contribution in [0.15, 0.2) is 60.5 Å². The Bertz CT molecular complexity index is 884. The maximum absolute atomic E-state index is 13.6. The summed E-state index contributed by atoms with van der Waals surface area (Å²) in [6.07, 6.45) is 0.0883. The van der Waals surface area contributed by atoms with Crippen LogP contribution in [0.5, 0.6) is 0 Å². The van der Waals surface area contributed by atoms with Crippen LogP contribution in [0.1, 0.15) is 29.5 Å². The van der Waals surface area contributed by atoms with E-state index in [1.165, 1.54) is 24.3 Å². The van der Waals surface area contributed by atoms with E-state index in [2.05, 4.69) is 13.2 Å². The van der Waals surface area contributed by atoms with Crippen molar-refractivity contribution in [1.29, 1.82) is 0 Å². The number of halogens is 5. The van der Waals surface area contributed by atoms with Crippen LogP contribution >= 0.6 is 11.8 Å². The van der Waals surface area contributed by atoms with Crippen molar-refractivity contribution in [2.75, 3.05) is 0 Å².